The van der Waals surface area contributed by atoms with Gasteiger partial charge in [-0.25, -0.2) is 12.8 Å². The van der Waals surface area contributed by atoms with Gasteiger partial charge in [-0.3, -0.25) is 4.79 Å². The summed E-state index contributed by atoms with van der Waals surface area (Å²) in [5.74, 6) is 0.0503. The van der Waals surface area contributed by atoms with E-state index in [0.29, 0.717) is 30.3 Å². The van der Waals surface area contributed by atoms with Crippen molar-refractivity contribution in [2.75, 3.05) is 30.3 Å². The molecule has 1 atom stereocenters. The molecular weight excluding hydrogens is 435 g/mol. The van der Waals surface area contributed by atoms with E-state index in [9.17, 15) is 17.6 Å². The molecule has 0 aromatic heterocycles. The number of anilines is 1. The predicted molar refractivity (Wildman–Crippen MR) is 122 cm³/mol. The van der Waals surface area contributed by atoms with E-state index in [1.165, 1.54) is 23.9 Å². The number of carbonyl (C=O) groups is 1. The Hall–Kier alpha value is -1.90. The van der Waals surface area contributed by atoms with Gasteiger partial charge in [-0.1, -0.05) is 12.1 Å². The molecule has 0 spiro atoms. The van der Waals surface area contributed by atoms with Gasteiger partial charge in [-0.15, -0.1) is 11.8 Å². The topological polar surface area (TPSA) is 57.7 Å². The fourth-order valence-electron chi connectivity index (χ4n) is 4.17. The van der Waals surface area contributed by atoms with Crippen molar-refractivity contribution in [3.63, 3.8) is 0 Å². The highest BCUT2D eigenvalue weighted by Crippen LogP contribution is 2.33. The van der Waals surface area contributed by atoms with E-state index in [4.69, 9.17) is 0 Å². The molecule has 31 heavy (non-hydrogen) atoms. The van der Waals surface area contributed by atoms with E-state index in [1.54, 1.807) is 39.5 Å². The summed E-state index contributed by atoms with van der Waals surface area (Å²) >= 11 is 1.52. The third-order valence-corrected chi connectivity index (χ3v) is 9.05. The quantitative estimate of drug-likeness (QED) is 0.639. The zero-order chi connectivity index (χ0) is 22.0. The molecular formula is C23H27FN2O3S2. The number of fused-ring (bicyclic) bond motifs is 1. The molecule has 0 radical (unpaired) electrons. The largest absolute Gasteiger partial charge is 0.311 e. The third-order valence-electron chi connectivity index (χ3n) is 5.97. The standard InChI is InChI=1S/C23H27FN2O3S2/c1-17(18-6-8-20(24)9-7-18)30-16-23(27)26-14-4-5-19-15-21(10-11-22(19)26)31(28,29)25-12-2-3-13-25/h6-11,15,17H,2-5,12-14,16H2,1H3. The summed E-state index contributed by atoms with van der Waals surface area (Å²) in [5.41, 5.74) is 2.71. The summed E-state index contributed by atoms with van der Waals surface area (Å²) in [7, 11) is -3.47. The van der Waals surface area contributed by atoms with Crippen molar-refractivity contribution < 1.29 is 17.6 Å². The van der Waals surface area contributed by atoms with E-state index in [2.05, 4.69) is 0 Å². The summed E-state index contributed by atoms with van der Waals surface area (Å²) in [6.45, 7) is 3.79. The van der Waals surface area contributed by atoms with E-state index >= 15 is 0 Å². The van der Waals surface area contributed by atoms with Crippen LogP contribution in [-0.4, -0.2) is 44.0 Å². The van der Waals surface area contributed by atoms with Crippen LogP contribution in [0.1, 0.15) is 42.6 Å². The predicted octanol–water partition coefficient (Wildman–Crippen LogP) is 4.38. The van der Waals surface area contributed by atoms with E-state index in [-0.39, 0.29) is 17.0 Å². The van der Waals surface area contributed by atoms with Crippen LogP contribution in [0.25, 0.3) is 0 Å². The Morgan fingerprint density at radius 1 is 1.06 bits per heavy atom. The number of hydrogen-bond acceptors (Lipinski definition) is 4. The maximum absolute atomic E-state index is 13.1. The Morgan fingerprint density at radius 3 is 2.48 bits per heavy atom. The minimum Gasteiger partial charge on any atom is -0.311 e. The third kappa shape index (κ3) is 4.81. The van der Waals surface area contributed by atoms with Crippen LogP contribution in [0, 0.1) is 5.82 Å². The van der Waals surface area contributed by atoms with Crippen molar-refractivity contribution in [2.45, 2.75) is 42.8 Å². The SMILES string of the molecule is CC(SCC(=O)N1CCCc2cc(S(=O)(=O)N3CCCC3)ccc21)c1ccc(F)cc1. The average molecular weight is 463 g/mol. The number of amides is 1. The summed E-state index contributed by atoms with van der Waals surface area (Å²) in [6, 6.07) is 11.5. The van der Waals surface area contributed by atoms with Crippen LogP contribution < -0.4 is 4.90 Å². The van der Waals surface area contributed by atoms with E-state index in [0.717, 1.165) is 42.5 Å². The van der Waals surface area contributed by atoms with E-state index in [1.807, 2.05) is 6.92 Å². The van der Waals surface area contributed by atoms with Gasteiger partial charge < -0.3 is 4.90 Å². The molecule has 4 rings (SSSR count). The number of halogens is 1. The van der Waals surface area contributed by atoms with Crippen LogP contribution in [0.15, 0.2) is 47.4 Å². The van der Waals surface area contributed by atoms with Gasteiger partial charge in [0.2, 0.25) is 15.9 Å². The molecule has 1 saturated heterocycles. The molecule has 2 aromatic carbocycles. The lowest BCUT2D eigenvalue weighted by atomic mass is 10.0. The maximum Gasteiger partial charge on any atom is 0.243 e. The molecule has 8 heteroatoms. The van der Waals surface area contributed by atoms with Crippen molar-refractivity contribution in [1.82, 2.24) is 4.31 Å². The lowest BCUT2D eigenvalue weighted by molar-refractivity contribution is -0.116. The highest BCUT2D eigenvalue weighted by Gasteiger charge is 2.29. The Labute approximate surface area is 187 Å². The molecule has 1 fully saturated rings. The van der Waals surface area contributed by atoms with Gasteiger partial charge in [0.25, 0.3) is 0 Å². The molecule has 0 N–H and O–H groups in total. The zero-order valence-corrected chi connectivity index (χ0v) is 19.2. The normalized spacial score (nSPS) is 18.1. The Morgan fingerprint density at radius 2 is 1.77 bits per heavy atom. The number of benzene rings is 2. The number of thioether (sulfide) groups is 1. The molecule has 2 heterocycles. The number of aryl methyl sites for hydroxylation is 1. The first-order chi connectivity index (χ1) is 14.9. The molecule has 0 saturated carbocycles. The Kier molecular flexibility index (Phi) is 6.69. The van der Waals surface area contributed by atoms with Gasteiger partial charge in [0, 0.05) is 30.6 Å². The lowest BCUT2D eigenvalue weighted by Gasteiger charge is -2.30. The Balaban J connectivity index is 1.46. The smallest absolute Gasteiger partial charge is 0.243 e. The second-order valence-electron chi connectivity index (χ2n) is 8.06. The van der Waals surface area contributed by atoms with Crippen LogP contribution >= 0.6 is 11.8 Å². The van der Waals surface area contributed by atoms with Crippen molar-refractivity contribution in [3.05, 3.63) is 59.4 Å². The second-order valence-corrected chi connectivity index (χ2v) is 11.3. The lowest BCUT2D eigenvalue weighted by Crippen LogP contribution is -2.37. The fourth-order valence-corrected chi connectivity index (χ4v) is 6.64. The average Bonchev–Trinajstić information content (AvgIpc) is 3.33. The molecule has 0 bridgehead atoms. The molecule has 166 valence electrons. The Bertz CT molecular complexity index is 1050. The molecule has 2 aromatic rings. The molecule has 2 aliphatic rings. The maximum atomic E-state index is 13.1. The van der Waals surface area contributed by atoms with Gasteiger partial charge >= 0.3 is 0 Å². The van der Waals surface area contributed by atoms with Gasteiger partial charge in [-0.05, 0) is 74.1 Å². The number of rotatable bonds is 6. The van der Waals surface area contributed by atoms with Crippen molar-refractivity contribution in [1.29, 1.82) is 0 Å². The monoisotopic (exact) mass is 462 g/mol. The number of carbonyl (C=O) groups excluding carboxylic acids is 1. The molecule has 1 unspecified atom stereocenters. The van der Waals surface area contributed by atoms with Crippen LogP contribution in [0.4, 0.5) is 10.1 Å². The van der Waals surface area contributed by atoms with Crippen molar-refractivity contribution in [3.8, 4) is 0 Å². The van der Waals surface area contributed by atoms with Crippen LogP contribution in [0.3, 0.4) is 0 Å². The number of hydrogen-bond donors (Lipinski definition) is 0. The summed E-state index contributed by atoms with van der Waals surface area (Å²) < 4.78 is 40.5. The fraction of sp³-hybridized carbons (Fsp3) is 0.435. The van der Waals surface area contributed by atoms with Gasteiger partial charge in [0.15, 0.2) is 0 Å². The highest BCUT2D eigenvalue weighted by atomic mass is 32.2. The first-order valence-electron chi connectivity index (χ1n) is 10.7. The van der Waals surface area contributed by atoms with Gasteiger partial charge in [-0.2, -0.15) is 4.31 Å². The van der Waals surface area contributed by atoms with Gasteiger partial charge in [0.1, 0.15) is 5.82 Å². The molecule has 0 aliphatic carbocycles. The summed E-state index contributed by atoms with van der Waals surface area (Å²) in [4.78, 5) is 15.1. The second kappa shape index (κ2) is 9.30. The first kappa shape index (κ1) is 22.3. The minimum absolute atomic E-state index is 0.00932. The van der Waals surface area contributed by atoms with Crippen molar-refractivity contribution >= 4 is 33.4 Å². The van der Waals surface area contributed by atoms with Crippen LogP contribution in [-0.2, 0) is 21.2 Å². The van der Waals surface area contributed by atoms with Crippen LogP contribution in [0.2, 0.25) is 0 Å². The van der Waals surface area contributed by atoms with E-state index < -0.39 is 10.0 Å². The zero-order valence-electron chi connectivity index (χ0n) is 17.6. The molecule has 2 aliphatic heterocycles. The summed E-state index contributed by atoms with van der Waals surface area (Å²) in [6.07, 6.45) is 3.38. The van der Waals surface area contributed by atoms with Crippen molar-refractivity contribution in [2.24, 2.45) is 0 Å². The molecule has 1 amide bonds. The van der Waals surface area contributed by atoms with Gasteiger partial charge in [0.05, 0.1) is 10.6 Å². The molecule has 5 nitrogen and oxygen atoms in total. The van der Waals surface area contributed by atoms with Crippen LogP contribution in [0.5, 0.6) is 0 Å². The minimum atomic E-state index is -3.47. The first-order valence-corrected chi connectivity index (χ1v) is 13.2. The highest BCUT2D eigenvalue weighted by molar-refractivity contribution is 8.00. The number of nitrogens with zero attached hydrogens (tertiary/aromatic N) is 2. The summed E-state index contributed by atoms with van der Waals surface area (Å²) in [5, 5.41) is 0.0711. The number of sulfonamides is 1.